The van der Waals surface area contributed by atoms with E-state index in [2.05, 4.69) is 66.0 Å². The van der Waals surface area contributed by atoms with Crippen LogP contribution in [0.25, 0.3) is 0 Å². The summed E-state index contributed by atoms with van der Waals surface area (Å²) in [5.74, 6) is 0.367. The molecule has 0 bridgehead atoms. The molecule has 19 heavy (non-hydrogen) atoms. The molecule has 2 atom stereocenters. The van der Waals surface area contributed by atoms with Crippen LogP contribution in [-0.2, 0) is 4.74 Å². The van der Waals surface area contributed by atoms with Crippen molar-refractivity contribution in [2.75, 3.05) is 19.7 Å². The first-order valence-corrected chi connectivity index (χ1v) is 6.87. The summed E-state index contributed by atoms with van der Waals surface area (Å²) >= 11 is 0. The average Bonchev–Trinajstić information content (AvgIpc) is 2.75. The Hall–Kier alpha value is -1.64. The van der Waals surface area contributed by atoms with Crippen LogP contribution in [0.3, 0.4) is 0 Å². The van der Waals surface area contributed by atoms with Crippen LogP contribution in [0.1, 0.15) is 23.1 Å². The molecule has 1 aliphatic heterocycles. The monoisotopic (exact) mass is 253 g/mol. The fourth-order valence-electron chi connectivity index (χ4n) is 2.70. The summed E-state index contributed by atoms with van der Waals surface area (Å²) in [5.41, 5.74) is 2.60. The molecule has 98 valence electrons. The average molecular weight is 253 g/mol. The van der Waals surface area contributed by atoms with Crippen molar-refractivity contribution in [2.24, 2.45) is 0 Å². The van der Waals surface area contributed by atoms with Gasteiger partial charge in [0.05, 0.1) is 12.7 Å². The SMILES string of the molecule is c1ccc([C@H]2CNCCO[C@@H]2c2ccccc2)cc1. The first-order chi connectivity index (χ1) is 9.45. The lowest BCUT2D eigenvalue weighted by Crippen LogP contribution is -2.22. The standard InChI is InChI=1S/C17H19NO/c1-3-7-14(8-4-1)16-13-18-11-12-19-17(16)15-9-5-2-6-10-15/h1-10,16-18H,11-13H2/t16-,17-/m1/s1. The Kier molecular flexibility index (Phi) is 3.92. The zero-order valence-electron chi connectivity index (χ0n) is 11.0. The van der Waals surface area contributed by atoms with Crippen molar-refractivity contribution in [1.29, 1.82) is 0 Å². The van der Waals surface area contributed by atoms with Crippen LogP contribution in [0.5, 0.6) is 0 Å². The van der Waals surface area contributed by atoms with E-state index in [1.807, 2.05) is 0 Å². The summed E-state index contributed by atoms with van der Waals surface area (Å²) < 4.78 is 6.09. The van der Waals surface area contributed by atoms with E-state index in [0.29, 0.717) is 5.92 Å². The van der Waals surface area contributed by atoms with Gasteiger partial charge in [0.1, 0.15) is 0 Å². The highest BCUT2D eigenvalue weighted by Crippen LogP contribution is 2.34. The first kappa shape index (κ1) is 12.4. The zero-order chi connectivity index (χ0) is 12.9. The van der Waals surface area contributed by atoms with E-state index in [4.69, 9.17) is 4.74 Å². The van der Waals surface area contributed by atoms with Gasteiger partial charge in [-0.25, -0.2) is 0 Å². The lowest BCUT2D eigenvalue weighted by Gasteiger charge is -2.25. The molecule has 0 unspecified atom stereocenters. The molecule has 0 amide bonds. The molecule has 0 aliphatic carbocycles. The van der Waals surface area contributed by atoms with Crippen LogP contribution < -0.4 is 5.32 Å². The minimum absolute atomic E-state index is 0.138. The van der Waals surface area contributed by atoms with Crippen LogP contribution in [0.2, 0.25) is 0 Å². The number of rotatable bonds is 2. The quantitative estimate of drug-likeness (QED) is 0.888. The molecular formula is C17H19NO. The Morgan fingerprint density at radius 1 is 0.842 bits per heavy atom. The van der Waals surface area contributed by atoms with Gasteiger partial charge in [0.25, 0.3) is 0 Å². The Labute approximate surface area is 114 Å². The molecule has 0 spiro atoms. The van der Waals surface area contributed by atoms with E-state index in [1.54, 1.807) is 0 Å². The summed E-state index contributed by atoms with van der Waals surface area (Å²) in [4.78, 5) is 0. The predicted molar refractivity (Wildman–Crippen MR) is 77.2 cm³/mol. The second-order valence-corrected chi connectivity index (χ2v) is 4.92. The summed E-state index contributed by atoms with van der Waals surface area (Å²) in [7, 11) is 0. The van der Waals surface area contributed by atoms with Crippen LogP contribution in [0, 0.1) is 0 Å². The summed E-state index contributed by atoms with van der Waals surface area (Å²) in [6, 6.07) is 21.2. The molecule has 2 aromatic carbocycles. The van der Waals surface area contributed by atoms with Gasteiger partial charge in [-0.2, -0.15) is 0 Å². The van der Waals surface area contributed by atoms with Crippen molar-refractivity contribution < 1.29 is 4.74 Å². The van der Waals surface area contributed by atoms with E-state index in [1.165, 1.54) is 11.1 Å². The molecule has 2 heteroatoms. The number of hydrogen-bond acceptors (Lipinski definition) is 2. The van der Waals surface area contributed by atoms with Crippen LogP contribution in [-0.4, -0.2) is 19.7 Å². The number of ether oxygens (including phenoxy) is 1. The van der Waals surface area contributed by atoms with Crippen molar-refractivity contribution in [1.82, 2.24) is 5.32 Å². The molecule has 2 aromatic rings. The van der Waals surface area contributed by atoms with Gasteiger partial charge in [0.15, 0.2) is 0 Å². The second-order valence-electron chi connectivity index (χ2n) is 4.92. The van der Waals surface area contributed by atoms with Crippen LogP contribution in [0.4, 0.5) is 0 Å². The molecule has 1 fully saturated rings. The van der Waals surface area contributed by atoms with Crippen LogP contribution >= 0.6 is 0 Å². The van der Waals surface area contributed by atoms with Crippen molar-refractivity contribution in [3.63, 3.8) is 0 Å². The highest BCUT2D eigenvalue weighted by Gasteiger charge is 2.27. The third kappa shape index (κ3) is 2.86. The maximum Gasteiger partial charge on any atom is 0.0906 e. The molecule has 1 N–H and O–H groups in total. The topological polar surface area (TPSA) is 21.3 Å². The number of nitrogens with one attached hydrogen (secondary N) is 1. The second kappa shape index (κ2) is 6.00. The third-order valence-electron chi connectivity index (χ3n) is 3.66. The molecule has 0 radical (unpaired) electrons. The van der Waals surface area contributed by atoms with Gasteiger partial charge >= 0.3 is 0 Å². The minimum atomic E-state index is 0.138. The van der Waals surface area contributed by atoms with Gasteiger partial charge < -0.3 is 10.1 Å². The lowest BCUT2D eigenvalue weighted by molar-refractivity contribution is 0.0515. The Morgan fingerprint density at radius 3 is 2.16 bits per heavy atom. The normalized spacial score (nSPS) is 23.8. The van der Waals surface area contributed by atoms with Gasteiger partial charge in [0.2, 0.25) is 0 Å². The van der Waals surface area contributed by atoms with Gasteiger partial charge in [-0.3, -0.25) is 0 Å². The lowest BCUT2D eigenvalue weighted by atomic mass is 9.89. The molecular weight excluding hydrogens is 234 g/mol. The van der Waals surface area contributed by atoms with E-state index in [9.17, 15) is 0 Å². The van der Waals surface area contributed by atoms with Gasteiger partial charge in [-0.15, -0.1) is 0 Å². The van der Waals surface area contributed by atoms with E-state index >= 15 is 0 Å². The number of benzene rings is 2. The van der Waals surface area contributed by atoms with E-state index in [-0.39, 0.29) is 6.10 Å². The molecule has 1 heterocycles. The maximum atomic E-state index is 6.09. The van der Waals surface area contributed by atoms with Gasteiger partial charge in [-0.05, 0) is 11.1 Å². The van der Waals surface area contributed by atoms with E-state index < -0.39 is 0 Å². The van der Waals surface area contributed by atoms with Gasteiger partial charge in [-0.1, -0.05) is 60.7 Å². The molecule has 2 nitrogen and oxygen atoms in total. The third-order valence-corrected chi connectivity index (χ3v) is 3.66. The molecule has 0 saturated carbocycles. The summed E-state index contributed by atoms with van der Waals surface area (Å²) in [6.45, 7) is 2.65. The highest BCUT2D eigenvalue weighted by molar-refractivity contribution is 5.27. The Bertz CT molecular complexity index is 450. The van der Waals surface area contributed by atoms with Gasteiger partial charge in [0, 0.05) is 19.0 Å². The van der Waals surface area contributed by atoms with Crippen molar-refractivity contribution >= 4 is 0 Å². The predicted octanol–water partition coefficient (Wildman–Crippen LogP) is 3.13. The smallest absolute Gasteiger partial charge is 0.0906 e. The largest absolute Gasteiger partial charge is 0.372 e. The number of hydrogen-bond donors (Lipinski definition) is 1. The fraction of sp³-hybridized carbons (Fsp3) is 0.294. The highest BCUT2D eigenvalue weighted by atomic mass is 16.5. The van der Waals surface area contributed by atoms with Crippen LogP contribution in [0.15, 0.2) is 60.7 Å². The Balaban J connectivity index is 1.94. The molecule has 1 aliphatic rings. The minimum Gasteiger partial charge on any atom is -0.372 e. The maximum absolute atomic E-state index is 6.09. The summed E-state index contributed by atoms with van der Waals surface area (Å²) in [5, 5.41) is 3.47. The van der Waals surface area contributed by atoms with Crippen molar-refractivity contribution in [3.05, 3.63) is 71.8 Å². The van der Waals surface area contributed by atoms with Crippen molar-refractivity contribution in [2.45, 2.75) is 12.0 Å². The fourth-order valence-corrected chi connectivity index (χ4v) is 2.70. The molecule has 1 saturated heterocycles. The Morgan fingerprint density at radius 2 is 1.47 bits per heavy atom. The van der Waals surface area contributed by atoms with Crippen molar-refractivity contribution in [3.8, 4) is 0 Å². The summed E-state index contributed by atoms with van der Waals surface area (Å²) in [6.07, 6.45) is 0.138. The van der Waals surface area contributed by atoms with E-state index in [0.717, 1.165) is 19.7 Å². The molecule has 0 aromatic heterocycles. The zero-order valence-corrected chi connectivity index (χ0v) is 11.0. The first-order valence-electron chi connectivity index (χ1n) is 6.87. The molecule has 3 rings (SSSR count).